The first kappa shape index (κ1) is 16.9. The van der Waals surface area contributed by atoms with Gasteiger partial charge in [0.1, 0.15) is 11.7 Å². The molecule has 1 fully saturated rings. The normalized spacial score (nSPS) is 15.3. The Morgan fingerprint density at radius 2 is 2.12 bits per heavy atom. The van der Waals surface area contributed by atoms with Gasteiger partial charge in [0.15, 0.2) is 0 Å². The standard InChI is InChI=1S/C16H20N6O3/c17-15(18)11-1-2-12(19-9-11)22-7-5-10(6-8-22)16-21-20-13(25-16)3-4-14(23)24/h1-2,9-10H,3-8H2,(H3,17,18)(H,23,24). The smallest absolute Gasteiger partial charge is 0.303 e. The van der Waals surface area contributed by atoms with Crippen LogP contribution in [-0.4, -0.2) is 45.2 Å². The molecule has 9 heteroatoms. The second-order valence-corrected chi connectivity index (χ2v) is 6.01. The van der Waals surface area contributed by atoms with Crippen molar-refractivity contribution >= 4 is 17.6 Å². The van der Waals surface area contributed by atoms with Gasteiger partial charge in [-0.3, -0.25) is 10.2 Å². The van der Waals surface area contributed by atoms with Gasteiger partial charge in [0.2, 0.25) is 11.8 Å². The maximum absolute atomic E-state index is 10.6. The van der Waals surface area contributed by atoms with E-state index in [0.717, 1.165) is 31.7 Å². The summed E-state index contributed by atoms with van der Waals surface area (Å²) in [4.78, 5) is 17.1. The zero-order chi connectivity index (χ0) is 17.8. The minimum atomic E-state index is -0.878. The monoisotopic (exact) mass is 344 g/mol. The molecule has 0 amide bonds. The molecule has 0 atom stereocenters. The van der Waals surface area contributed by atoms with Crippen LogP contribution >= 0.6 is 0 Å². The minimum absolute atomic E-state index is 0.00727. The van der Waals surface area contributed by atoms with Crippen LogP contribution in [0.25, 0.3) is 0 Å². The third-order valence-corrected chi connectivity index (χ3v) is 4.26. The van der Waals surface area contributed by atoms with Crippen molar-refractivity contribution in [2.75, 3.05) is 18.0 Å². The summed E-state index contributed by atoms with van der Waals surface area (Å²) < 4.78 is 5.60. The third-order valence-electron chi connectivity index (χ3n) is 4.26. The predicted molar refractivity (Wildman–Crippen MR) is 89.7 cm³/mol. The average Bonchev–Trinajstić information content (AvgIpc) is 3.09. The number of carbonyl (C=O) groups is 1. The molecule has 1 saturated heterocycles. The zero-order valence-corrected chi connectivity index (χ0v) is 13.7. The molecule has 25 heavy (non-hydrogen) atoms. The van der Waals surface area contributed by atoms with Gasteiger partial charge in [0.05, 0.1) is 6.42 Å². The summed E-state index contributed by atoms with van der Waals surface area (Å²) in [6.45, 7) is 1.62. The van der Waals surface area contributed by atoms with Gasteiger partial charge in [-0.1, -0.05) is 0 Å². The van der Waals surface area contributed by atoms with Crippen LogP contribution in [0.5, 0.6) is 0 Å². The van der Waals surface area contributed by atoms with Crippen molar-refractivity contribution in [3.8, 4) is 0 Å². The number of anilines is 1. The number of hydrogen-bond donors (Lipinski definition) is 3. The molecule has 0 spiro atoms. The van der Waals surface area contributed by atoms with E-state index in [0.29, 0.717) is 17.3 Å². The van der Waals surface area contributed by atoms with E-state index in [-0.39, 0.29) is 24.6 Å². The van der Waals surface area contributed by atoms with Crippen LogP contribution in [0, 0.1) is 5.41 Å². The SMILES string of the molecule is N=C(N)c1ccc(N2CCC(c3nnc(CCC(=O)O)o3)CC2)nc1. The lowest BCUT2D eigenvalue weighted by atomic mass is 9.97. The number of carboxylic acids is 1. The van der Waals surface area contributed by atoms with E-state index in [9.17, 15) is 4.79 Å². The van der Waals surface area contributed by atoms with E-state index in [2.05, 4.69) is 20.1 Å². The highest BCUT2D eigenvalue weighted by Gasteiger charge is 2.25. The molecule has 0 aromatic carbocycles. The van der Waals surface area contributed by atoms with Gasteiger partial charge in [0, 0.05) is 37.2 Å². The molecule has 0 radical (unpaired) electrons. The Bertz CT molecular complexity index is 749. The number of amidine groups is 1. The van der Waals surface area contributed by atoms with E-state index >= 15 is 0 Å². The lowest BCUT2D eigenvalue weighted by Gasteiger charge is -2.31. The highest BCUT2D eigenvalue weighted by Crippen LogP contribution is 2.29. The highest BCUT2D eigenvalue weighted by atomic mass is 16.4. The first-order valence-corrected chi connectivity index (χ1v) is 8.12. The maximum Gasteiger partial charge on any atom is 0.303 e. The number of carboxylic acid groups (broad SMARTS) is 1. The second-order valence-electron chi connectivity index (χ2n) is 6.01. The predicted octanol–water partition coefficient (Wildman–Crippen LogP) is 1.15. The van der Waals surface area contributed by atoms with Crippen molar-refractivity contribution in [1.82, 2.24) is 15.2 Å². The van der Waals surface area contributed by atoms with Gasteiger partial charge in [-0.25, -0.2) is 4.98 Å². The Kier molecular flexibility index (Phi) is 4.92. The summed E-state index contributed by atoms with van der Waals surface area (Å²) in [5, 5.41) is 24.1. The van der Waals surface area contributed by atoms with Gasteiger partial charge in [-0.05, 0) is 25.0 Å². The molecule has 2 aromatic rings. The Labute approximate surface area is 144 Å². The lowest BCUT2D eigenvalue weighted by molar-refractivity contribution is -0.137. The number of pyridine rings is 1. The van der Waals surface area contributed by atoms with Gasteiger partial charge in [-0.15, -0.1) is 10.2 Å². The Morgan fingerprint density at radius 3 is 2.72 bits per heavy atom. The van der Waals surface area contributed by atoms with Crippen LogP contribution in [0.4, 0.5) is 5.82 Å². The molecule has 9 nitrogen and oxygen atoms in total. The van der Waals surface area contributed by atoms with E-state index in [1.165, 1.54) is 0 Å². The Hall–Kier alpha value is -2.97. The molecule has 1 aliphatic heterocycles. The molecule has 132 valence electrons. The molecule has 3 heterocycles. The molecule has 0 aliphatic carbocycles. The zero-order valence-electron chi connectivity index (χ0n) is 13.7. The molecule has 0 unspecified atom stereocenters. The van der Waals surface area contributed by atoms with Crippen molar-refractivity contribution in [3.63, 3.8) is 0 Å². The number of nitrogens with zero attached hydrogens (tertiary/aromatic N) is 4. The fraction of sp³-hybridized carbons (Fsp3) is 0.438. The Balaban J connectivity index is 1.56. The molecular weight excluding hydrogens is 324 g/mol. The van der Waals surface area contributed by atoms with Crippen LogP contribution in [-0.2, 0) is 11.2 Å². The number of nitrogen functional groups attached to an aromatic ring is 1. The topological polar surface area (TPSA) is 142 Å². The number of nitrogens with two attached hydrogens (primary N) is 1. The van der Waals surface area contributed by atoms with E-state index < -0.39 is 5.97 Å². The molecule has 3 rings (SSSR count). The number of aliphatic carboxylic acids is 1. The van der Waals surface area contributed by atoms with Gasteiger partial charge >= 0.3 is 5.97 Å². The number of nitrogens with one attached hydrogen (secondary N) is 1. The molecule has 1 aliphatic rings. The van der Waals surface area contributed by atoms with Crippen LogP contribution in [0.1, 0.15) is 42.5 Å². The number of rotatable bonds is 6. The van der Waals surface area contributed by atoms with Crippen molar-refractivity contribution in [2.45, 2.75) is 31.6 Å². The van der Waals surface area contributed by atoms with Crippen molar-refractivity contribution in [1.29, 1.82) is 5.41 Å². The van der Waals surface area contributed by atoms with E-state index in [4.69, 9.17) is 20.7 Å². The number of piperidine rings is 1. The number of aryl methyl sites for hydroxylation is 1. The summed E-state index contributed by atoms with van der Waals surface area (Å²) >= 11 is 0. The summed E-state index contributed by atoms with van der Waals surface area (Å²) in [5.74, 6) is 1.13. The molecule has 2 aromatic heterocycles. The van der Waals surface area contributed by atoms with Crippen LogP contribution in [0.15, 0.2) is 22.7 Å². The molecule has 0 bridgehead atoms. The molecular formula is C16H20N6O3. The van der Waals surface area contributed by atoms with E-state index in [1.54, 1.807) is 12.3 Å². The van der Waals surface area contributed by atoms with Gasteiger partial charge < -0.3 is 20.2 Å². The largest absolute Gasteiger partial charge is 0.481 e. The quantitative estimate of drug-likeness (QED) is 0.523. The summed E-state index contributed by atoms with van der Waals surface area (Å²) in [6, 6.07) is 3.66. The summed E-state index contributed by atoms with van der Waals surface area (Å²) in [7, 11) is 0. The number of aromatic nitrogens is 3. The van der Waals surface area contributed by atoms with Crippen LogP contribution < -0.4 is 10.6 Å². The van der Waals surface area contributed by atoms with Crippen molar-refractivity contribution < 1.29 is 14.3 Å². The van der Waals surface area contributed by atoms with Crippen molar-refractivity contribution in [3.05, 3.63) is 35.7 Å². The highest BCUT2D eigenvalue weighted by molar-refractivity contribution is 5.94. The van der Waals surface area contributed by atoms with Gasteiger partial charge in [0.25, 0.3) is 0 Å². The van der Waals surface area contributed by atoms with Gasteiger partial charge in [-0.2, -0.15) is 0 Å². The van der Waals surface area contributed by atoms with E-state index in [1.807, 2.05) is 6.07 Å². The fourth-order valence-electron chi connectivity index (χ4n) is 2.83. The fourth-order valence-corrected chi connectivity index (χ4v) is 2.83. The lowest BCUT2D eigenvalue weighted by Crippen LogP contribution is -2.33. The Morgan fingerprint density at radius 1 is 1.36 bits per heavy atom. The molecule has 0 saturated carbocycles. The maximum atomic E-state index is 10.6. The summed E-state index contributed by atoms with van der Waals surface area (Å²) in [5.41, 5.74) is 6.05. The average molecular weight is 344 g/mol. The minimum Gasteiger partial charge on any atom is -0.481 e. The summed E-state index contributed by atoms with van der Waals surface area (Å²) in [6.07, 6.45) is 3.57. The molecule has 4 N–H and O–H groups in total. The number of hydrogen-bond acceptors (Lipinski definition) is 7. The third kappa shape index (κ3) is 4.11. The van der Waals surface area contributed by atoms with Crippen LogP contribution in [0.2, 0.25) is 0 Å². The van der Waals surface area contributed by atoms with Crippen LogP contribution in [0.3, 0.4) is 0 Å². The second kappa shape index (κ2) is 7.29. The van der Waals surface area contributed by atoms with Crippen molar-refractivity contribution in [2.24, 2.45) is 5.73 Å². The first-order valence-electron chi connectivity index (χ1n) is 8.12. The first-order chi connectivity index (χ1) is 12.0.